The van der Waals surface area contributed by atoms with Gasteiger partial charge in [-0.25, -0.2) is 0 Å². The first-order chi connectivity index (χ1) is 6.33. The molecule has 13 heavy (non-hydrogen) atoms. The second-order valence-corrected chi connectivity index (χ2v) is 2.70. The van der Waals surface area contributed by atoms with Crippen molar-refractivity contribution in [3.05, 3.63) is 30.0 Å². The molecular formula is C9H8N3O. The van der Waals surface area contributed by atoms with Crippen LogP contribution in [-0.4, -0.2) is 10.2 Å². The molecule has 1 aromatic carbocycles. The lowest BCUT2D eigenvalue weighted by Crippen LogP contribution is -2.01. The molecule has 0 fully saturated rings. The number of fused-ring (bicyclic) bond motifs is 1. The highest BCUT2D eigenvalue weighted by Gasteiger charge is 2.06. The number of aromatic nitrogens is 2. The number of nitrogens with two attached hydrogens (primary N) is 1. The van der Waals surface area contributed by atoms with Gasteiger partial charge in [-0.15, -0.1) is 10.2 Å². The van der Waals surface area contributed by atoms with E-state index in [0.717, 1.165) is 5.39 Å². The molecule has 4 heteroatoms. The Kier molecular flexibility index (Phi) is 1.83. The molecule has 1 heterocycles. The molecule has 0 atom stereocenters. The molecule has 0 aliphatic rings. The van der Waals surface area contributed by atoms with E-state index < -0.39 is 0 Å². The number of rotatable bonds is 1. The normalized spacial score (nSPS) is 10.5. The van der Waals surface area contributed by atoms with Crippen molar-refractivity contribution in [2.45, 2.75) is 6.54 Å². The predicted molar refractivity (Wildman–Crippen MR) is 47.6 cm³/mol. The Labute approximate surface area is 75.0 Å². The highest BCUT2D eigenvalue weighted by Crippen LogP contribution is 2.23. The van der Waals surface area contributed by atoms with Gasteiger partial charge in [0.2, 0.25) is 0 Å². The lowest BCUT2D eigenvalue weighted by molar-refractivity contribution is 0.337. The molecule has 2 aromatic rings. The van der Waals surface area contributed by atoms with Gasteiger partial charge >= 0.3 is 0 Å². The van der Waals surface area contributed by atoms with Gasteiger partial charge in [0.15, 0.2) is 0 Å². The third-order valence-corrected chi connectivity index (χ3v) is 1.92. The first-order valence-electron chi connectivity index (χ1n) is 3.94. The van der Waals surface area contributed by atoms with Gasteiger partial charge in [-0.2, -0.15) is 0 Å². The molecule has 0 saturated carbocycles. The molecule has 0 bridgehead atoms. The maximum Gasteiger partial charge on any atom is 0.296 e. The van der Waals surface area contributed by atoms with Crippen LogP contribution in [0.25, 0.3) is 10.8 Å². The summed E-state index contributed by atoms with van der Waals surface area (Å²) in [6.07, 6.45) is 0. The summed E-state index contributed by atoms with van der Waals surface area (Å²) in [5, 5.41) is 19.8. The van der Waals surface area contributed by atoms with Crippen molar-refractivity contribution < 1.29 is 5.11 Å². The predicted octanol–water partition coefficient (Wildman–Crippen LogP) is 1.23. The number of hydrogen-bond donors (Lipinski definition) is 1. The van der Waals surface area contributed by atoms with E-state index in [4.69, 9.17) is 5.73 Å². The zero-order valence-corrected chi connectivity index (χ0v) is 6.90. The van der Waals surface area contributed by atoms with Crippen molar-refractivity contribution in [1.29, 1.82) is 0 Å². The van der Waals surface area contributed by atoms with Gasteiger partial charge in [0.05, 0.1) is 11.1 Å². The van der Waals surface area contributed by atoms with Crippen LogP contribution in [0.5, 0.6) is 5.88 Å². The van der Waals surface area contributed by atoms with Crippen molar-refractivity contribution in [2.24, 2.45) is 5.73 Å². The molecule has 0 aliphatic heterocycles. The van der Waals surface area contributed by atoms with E-state index in [0.29, 0.717) is 17.6 Å². The maximum atomic E-state index is 11.2. The van der Waals surface area contributed by atoms with E-state index in [9.17, 15) is 5.11 Å². The summed E-state index contributed by atoms with van der Waals surface area (Å²) in [7, 11) is 0. The van der Waals surface area contributed by atoms with Crippen LogP contribution in [0.1, 0.15) is 5.69 Å². The van der Waals surface area contributed by atoms with Gasteiger partial charge in [0, 0.05) is 11.9 Å². The summed E-state index contributed by atoms with van der Waals surface area (Å²) in [5.41, 5.74) is 6.12. The molecular weight excluding hydrogens is 166 g/mol. The van der Waals surface area contributed by atoms with Crippen molar-refractivity contribution in [3.63, 3.8) is 0 Å². The topological polar surface area (TPSA) is 71.7 Å². The van der Waals surface area contributed by atoms with Crippen LogP contribution in [0.2, 0.25) is 0 Å². The molecule has 1 aromatic heterocycles. The maximum absolute atomic E-state index is 11.2. The summed E-state index contributed by atoms with van der Waals surface area (Å²) in [6.45, 7) is 0.299. The Bertz CT molecular complexity index is 442. The van der Waals surface area contributed by atoms with E-state index in [2.05, 4.69) is 10.2 Å². The van der Waals surface area contributed by atoms with Gasteiger partial charge in [0.25, 0.3) is 5.88 Å². The highest BCUT2D eigenvalue weighted by atomic mass is 16.3. The van der Waals surface area contributed by atoms with Gasteiger partial charge in [-0.3, -0.25) is 5.11 Å². The molecule has 0 aliphatic carbocycles. The zero-order valence-electron chi connectivity index (χ0n) is 6.90. The van der Waals surface area contributed by atoms with Crippen LogP contribution in [0.3, 0.4) is 0 Å². The average Bonchev–Trinajstić information content (AvgIpc) is 2.19. The largest absolute Gasteiger partial charge is 0.325 e. The summed E-state index contributed by atoms with van der Waals surface area (Å²) in [5.74, 6) is -0.298. The second kappa shape index (κ2) is 2.99. The Balaban J connectivity index is 2.84. The summed E-state index contributed by atoms with van der Waals surface area (Å²) in [6, 6.07) is 7.20. The molecule has 2 N–H and O–H groups in total. The molecule has 0 unspecified atom stereocenters. The SMILES string of the molecule is NCc1nnc([O])c2ccccc12. The van der Waals surface area contributed by atoms with Gasteiger partial charge in [-0.05, 0) is 6.07 Å². The Morgan fingerprint density at radius 1 is 1.15 bits per heavy atom. The lowest BCUT2D eigenvalue weighted by atomic mass is 10.1. The Morgan fingerprint density at radius 2 is 1.85 bits per heavy atom. The molecule has 2 rings (SSSR count). The molecule has 65 valence electrons. The fraction of sp³-hybridized carbons (Fsp3) is 0.111. The number of benzene rings is 1. The van der Waals surface area contributed by atoms with Gasteiger partial charge < -0.3 is 5.73 Å². The summed E-state index contributed by atoms with van der Waals surface area (Å²) >= 11 is 0. The smallest absolute Gasteiger partial charge is 0.296 e. The quantitative estimate of drug-likeness (QED) is 0.706. The molecule has 0 spiro atoms. The van der Waals surface area contributed by atoms with Crippen molar-refractivity contribution in [3.8, 4) is 5.88 Å². The van der Waals surface area contributed by atoms with Crippen LogP contribution in [0.15, 0.2) is 24.3 Å². The van der Waals surface area contributed by atoms with Crippen LogP contribution in [-0.2, 0) is 11.7 Å². The zero-order chi connectivity index (χ0) is 9.26. The van der Waals surface area contributed by atoms with E-state index in [1.807, 2.05) is 12.1 Å². The van der Waals surface area contributed by atoms with Crippen LogP contribution in [0, 0.1) is 0 Å². The number of hydrogen-bond acceptors (Lipinski definition) is 3. The number of nitrogens with zero attached hydrogens (tertiary/aromatic N) is 2. The molecule has 0 saturated heterocycles. The van der Waals surface area contributed by atoms with Crippen molar-refractivity contribution in [2.75, 3.05) is 0 Å². The minimum Gasteiger partial charge on any atom is -0.325 e. The fourth-order valence-corrected chi connectivity index (χ4v) is 1.29. The monoisotopic (exact) mass is 174 g/mol. The molecule has 1 radical (unpaired) electrons. The van der Waals surface area contributed by atoms with Gasteiger partial charge in [0.1, 0.15) is 0 Å². The molecule has 4 nitrogen and oxygen atoms in total. The van der Waals surface area contributed by atoms with Gasteiger partial charge in [-0.1, -0.05) is 18.2 Å². The molecule has 0 amide bonds. The van der Waals surface area contributed by atoms with Crippen molar-refractivity contribution in [1.82, 2.24) is 10.2 Å². The van der Waals surface area contributed by atoms with E-state index in [1.165, 1.54) is 0 Å². The summed E-state index contributed by atoms with van der Waals surface area (Å²) in [4.78, 5) is 0. The first-order valence-corrected chi connectivity index (χ1v) is 3.94. The third kappa shape index (κ3) is 1.21. The van der Waals surface area contributed by atoms with Crippen LogP contribution >= 0.6 is 0 Å². The minimum atomic E-state index is -0.298. The van der Waals surface area contributed by atoms with Crippen LogP contribution in [0.4, 0.5) is 0 Å². The lowest BCUT2D eigenvalue weighted by Gasteiger charge is -2.01. The standard InChI is InChI=1S/C9H8N3O/c10-5-8-6-3-1-2-4-7(6)9(13)12-11-8/h1-4H,5,10H2. The van der Waals surface area contributed by atoms with Crippen molar-refractivity contribution >= 4 is 10.8 Å². The Morgan fingerprint density at radius 3 is 2.54 bits per heavy atom. The van der Waals surface area contributed by atoms with E-state index >= 15 is 0 Å². The first kappa shape index (κ1) is 7.94. The average molecular weight is 174 g/mol. The van der Waals surface area contributed by atoms with E-state index in [1.54, 1.807) is 12.1 Å². The Hall–Kier alpha value is -1.68. The third-order valence-electron chi connectivity index (χ3n) is 1.92. The van der Waals surface area contributed by atoms with E-state index in [-0.39, 0.29) is 5.88 Å². The highest BCUT2D eigenvalue weighted by molar-refractivity contribution is 5.87. The van der Waals surface area contributed by atoms with Crippen LogP contribution < -0.4 is 5.73 Å². The second-order valence-electron chi connectivity index (χ2n) is 2.70. The summed E-state index contributed by atoms with van der Waals surface area (Å²) < 4.78 is 0. The minimum absolute atomic E-state index is 0.298. The fourth-order valence-electron chi connectivity index (χ4n) is 1.29.